The Morgan fingerprint density at radius 2 is 1.82 bits per heavy atom. The molecule has 2 N–H and O–H groups in total. The molecule has 1 fully saturated rings. The molecule has 0 radical (unpaired) electrons. The summed E-state index contributed by atoms with van der Waals surface area (Å²) in [6.07, 6.45) is -2.21. The van der Waals surface area contributed by atoms with Crippen LogP contribution in [0.5, 0.6) is 0 Å². The van der Waals surface area contributed by atoms with Crippen molar-refractivity contribution < 1.29 is 22.7 Å². The van der Waals surface area contributed by atoms with Gasteiger partial charge < -0.3 is 20.3 Å². The number of hydrogen-bond acceptors (Lipinski definition) is 9. The number of rotatable bonds is 7. The molecule has 14 heteroatoms. The summed E-state index contributed by atoms with van der Waals surface area (Å²) in [7, 11) is 0. The minimum Gasteiger partial charge on any atom is -0.444 e. The number of allylic oxidation sites excluding steroid dienone is 2. The Morgan fingerprint density at radius 1 is 1.15 bits per heavy atom. The van der Waals surface area contributed by atoms with Gasteiger partial charge in [-0.2, -0.15) is 28.1 Å². The van der Waals surface area contributed by atoms with Crippen LogP contribution in [0.4, 0.5) is 29.9 Å². The van der Waals surface area contributed by atoms with Gasteiger partial charge in [-0.1, -0.05) is 24.2 Å². The highest BCUT2D eigenvalue weighted by Gasteiger charge is 2.34. The number of carbonyl (C=O) groups excluding carboxylic acids is 1. The zero-order chi connectivity index (χ0) is 28.8. The first-order chi connectivity index (χ1) is 18.2. The number of aromatic nitrogens is 4. The summed E-state index contributed by atoms with van der Waals surface area (Å²) in [6.45, 7) is 11.0. The maximum absolute atomic E-state index is 13.3. The van der Waals surface area contributed by atoms with Crippen molar-refractivity contribution >= 4 is 35.3 Å². The number of halogens is 4. The number of alkyl halides is 3. The van der Waals surface area contributed by atoms with Crippen LogP contribution in [0.1, 0.15) is 40.5 Å². The lowest BCUT2D eigenvalue weighted by Gasteiger charge is -2.33. The van der Waals surface area contributed by atoms with E-state index in [4.69, 9.17) is 16.3 Å². The molecule has 0 aromatic carbocycles. The number of amides is 1. The average Bonchev–Trinajstić information content (AvgIpc) is 2.82. The zero-order valence-corrected chi connectivity index (χ0v) is 22.8. The number of nitrogens with zero attached hydrogens (tertiary/aromatic N) is 6. The lowest BCUT2D eigenvalue weighted by Crippen LogP contribution is -2.44. The number of hydrogen-bond donors (Lipinski definition) is 2. The van der Waals surface area contributed by atoms with Crippen molar-refractivity contribution in [2.75, 3.05) is 23.7 Å². The van der Waals surface area contributed by atoms with Gasteiger partial charge in [-0.25, -0.2) is 9.78 Å². The van der Waals surface area contributed by atoms with Gasteiger partial charge in [0.25, 0.3) is 0 Å². The van der Waals surface area contributed by atoms with E-state index in [0.29, 0.717) is 31.6 Å². The van der Waals surface area contributed by atoms with Crippen LogP contribution in [0.2, 0.25) is 5.15 Å². The zero-order valence-electron chi connectivity index (χ0n) is 22.0. The largest absolute Gasteiger partial charge is 0.444 e. The summed E-state index contributed by atoms with van der Waals surface area (Å²) in [5.41, 5.74) is -1.29. The van der Waals surface area contributed by atoms with Gasteiger partial charge in [-0.15, -0.1) is 0 Å². The van der Waals surface area contributed by atoms with E-state index in [2.05, 4.69) is 42.1 Å². The third-order valence-corrected chi connectivity index (χ3v) is 5.45. The van der Waals surface area contributed by atoms with Gasteiger partial charge in [0, 0.05) is 31.0 Å². The molecule has 1 aliphatic rings. The second-order valence-corrected chi connectivity index (χ2v) is 10.1. The van der Waals surface area contributed by atoms with E-state index in [0.717, 1.165) is 12.3 Å². The fraction of sp³-hybridized carbons (Fsp3) is 0.440. The molecular formula is C25H30ClF3N8O2. The molecule has 3 rings (SSSR count). The molecular weight excluding hydrogens is 537 g/mol. The van der Waals surface area contributed by atoms with Gasteiger partial charge >= 0.3 is 12.3 Å². The lowest BCUT2D eigenvalue weighted by atomic mass is 10.1. The van der Waals surface area contributed by atoms with Gasteiger partial charge in [-0.3, -0.25) is 4.99 Å². The smallest absolute Gasteiger partial charge is 0.433 e. The van der Waals surface area contributed by atoms with Crippen LogP contribution in [0.3, 0.4) is 0 Å². The second-order valence-electron chi connectivity index (χ2n) is 9.68. The average molecular weight is 567 g/mol. The van der Waals surface area contributed by atoms with Crippen LogP contribution in [0.25, 0.3) is 11.5 Å². The third kappa shape index (κ3) is 9.20. The van der Waals surface area contributed by atoms with Gasteiger partial charge in [0.05, 0.1) is 0 Å². The third-order valence-electron chi connectivity index (χ3n) is 5.24. The van der Waals surface area contributed by atoms with E-state index in [1.54, 1.807) is 23.1 Å². The number of ether oxygens (including phenoxy) is 1. The lowest BCUT2D eigenvalue weighted by molar-refractivity contribution is -0.0577. The molecule has 0 atom stereocenters. The van der Waals surface area contributed by atoms with Crippen molar-refractivity contribution in [1.82, 2.24) is 24.8 Å². The van der Waals surface area contributed by atoms with Crippen LogP contribution >= 0.6 is 11.6 Å². The number of likely N-dealkylation sites (tertiary alicyclic amines) is 1. The van der Waals surface area contributed by atoms with Crippen molar-refractivity contribution in [3.63, 3.8) is 0 Å². The van der Waals surface area contributed by atoms with Crippen LogP contribution in [0.15, 0.2) is 47.7 Å². The van der Waals surface area contributed by atoms with Crippen LogP contribution < -0.4 is 10.6 Å². The van der Waals surface area contributed by atoms with Crippen molar-refractivity contribution in [2.45, 2.75) is 58.4 Å². The highest BCUT2D eigenvalue weighted by molar-refractivity contribution is 6.29. The van der Waals surface area contributed by atoms with E-state index in [1.807, 2.05) is 20.8 Å². The van der Waals surface area contributed by atoms with Crippen molar-refractivity contribution in [2.24, 2.45) is 4.99 Å². The molecule has 3 heterocycles. The van der Waals surface area contributed by atoms with Crippen molar-refractivity contribution in [3.05, 3.63) is 47.9 Å². The van der Waals surface area contributed by atoms with Crippen LogP contribution in [-0.2, 0) is 4.74 Å². The predicted octanol–water partition coefficient (Wildman–Crippen LogP) is 5.86. The highest BCUT2D eigenvalue weighted by Crippen LogP contribution is 2.23. The second kappa shape index (κ2) is 12.4. The molecule has 0 unspecified atom stereocenters. The standard InChI is InChI=1S/C25H30ClF3N8O2/c1-6-30-18(25(27,28)29)14-15(2)31-21-34-20(17-8-7-9-19(26)33-17)35-22(36-21)32-16-10-12-37(13-11-16)23(38)39-24(3,4)5/h6-9,14,16H,1,10-13H2,2-5H3,(H2,31,32,34,35,36)/b15-14+,30-18?. The fourth-order valence-corrected chi connectivity index (χ4v) is 3.73. The minimum atomic E-state index is -4.67. The first kappa shape index (κ1) is 29.8. The first-order valence-corrected chi connectivity index (χ1v) is 12.5. The van der Waals surface area contributed by atoms with E-state index in [1.165, 1.54) is 6.92 Å². The molecule has 2 aromatic rings. The van der Waals surface area contributed by atoms with Gasteiger partial charge in [0.15, 0.2) is 5.82 Å². The molecule has 2 aromatic heterocycles. The fourth-order valence-electron chi connectivity index (χ4n) is 3.57. The maximum Gasteiger partial charge on any atom is 0.433 e. The number of anilines is 2. The molecule has 0 saturated carbocycles. The Balaban J connectivity index is 1.83. The van der Waals surface area contributed by atoms with Crippen LogP contribution in [0, 0.1) is 0 Å². The van der Waals surface area contributed by atoms with Crippen molar-refractivity contribution in [1.29, 1.82) is 0 Å². The molecule has 1 aliphatic heterocycles. The summed E-state index contributed by atoms with van der Waals surface area (Å²) >= 11 is 6.03. The van der Waals surface area contributed by atoms with E-state index >= 15 is 0 Å². The first-order valence-electron chi connectivity index (χ1n) is 12.1. The quantitative estimate of drug-likeness (QED) is 0.316. The van der Waals surface area contributed by atoms with Gasteiger partial charge in [0.1, 0.15) is 22.2 Å². The van der Waals surface area contributed by atoms with E-state index in [-0.39, 0.29) is 40.7 Å². The Bertz CT molecular complexity index is 1250. The Kier molecular flexibility index (Phi) is 9.49. The van der Waals surface area contributed by atoms with E-state index in [9.17, 15) is 18.0 Å². The Morgan fingerprint density at radius 3 is 2.41 bits per heavy atom. The summed E-state index contributed by atoms with van der Waals surface area (Å²) in [4.78, 5) is 34.6. The van der Waals surface area contributed by atoms with Crippen LogP contribution in [-0.4, -0.2) is 67.5 Å². The van der Waals surface area contributed by atoms with Crippen molar-refractivity contribution in [3.8, 4) is 11.5 Å². The van der Waals surface area contributed by atoms with E-state index < -0.39 is 17.5 Å². The van der Waals surface area contributed by atoms with Gasteiger partial charge in [-0.05, 0) is 58.7 Å². The molecule has 1 saturated heterocycles. The number of carbonyl (C=O) groups is 1. The number of pyridine rings is 1. The molecule has 39 heavy (non-hydrogen) atoms. The molecule has 0 aliphatic carbocycles. The molecule has 1 amide bonds. The molecule has 210 valence electrons. The molecule has 10 nitrogen and oxygen atoms in total. The maximum atomic E-state index is 13.3. The number of nitrogens with one attached hydrogen (secondary N) is 2. The van der Waals surface area contributed by atoms with Gasteiger partial charge in [0.2, 0.25) is 11.9 Å². The predicted molar refractivity (Wildman–Crippen MR) is 144 cm³/mol. The number of aliphatic imine (C=N–C) groups is 1. The summed E-state index contributed by atoms with van der Waals surface area (Å²) in [6, 6.07) is 4.84. The number of piperidine rings is 1. The molecule has 0 spiro atoms. The SMILES string of the molecule is C=CN=C(/C=C(\C)Nc1nc(NC2CCN(C(=O)OC(C)(C)C)CC2)nc(-c2cccc(Cl)n2)n1)C(F)(F)F. The summed E-state index contributed by atoms with van der Waals surface area (Å²) in [5, 5.41) is 6.22. The Labute approximate surface area is 229 Å². The summed E-state index contributed by atoms with van der Waals surface area (Å²) in [5.74, 6) is 0.334. The minimum absolute atomic E-state index is 0.00987. The Hall–Kier alpha value is -3.74. The normalized spacial score (nSPS) is 15.6. The highest BCUT2D eigenvalue weighted by atomic mass is 35.5. The monoisotopic (exact) mass is 566 g/mol. The summed E-state index contributed by atoms with van der Waals surface area (Å²) < 4.78 is 45.2. The topological polar surface area (TPSA) is 118 Å². The molecule has 0 bridgehead atoms.